The first kappa shape index (κ1) is 34.1. The largest absolute Gasteiger partial charge is 0.480 e. The molecule has 230 valence electrons. The Morgan fingerprint density at radius 2 is 1.66 bits per heavy atom. The molecule has 18 heteroatoms. The van der Waals surface area contributed by atoms with Crippen molar-refractivity contribution in [3.8, 4) is 0 Å². The number of nitrogens with zero attached hydrogens (tertiary/aromatic N) is 4. The second-order valence-corrected chi connectivity index (χ2v) is 13.0. The fraction of sp³-hybridized carbons (Fsp3) is 0.739. The van der Waals surface area contributed by atoms with E-state index < -0.39 is 92.5 Å². The van der Waals surface area contributed by atoms with Crippen LogP contribution in [0.1, 0.15) is 54.7 Å². The van der Waals surface area contributed by atoms with Gasteiger partial charge < -0.3 is 14.2 Å². The normalized spacial score (nSPS) is 23.1. The van der Waals surface area contributed by atoms with Crippen LogP contribution in [0.2, 0.25) is 0 Å². The van der Waals surface area contributed by atoms with Gasteiger partial charge in [0, 0.05) is 23.1 Å². The lowest BCUT2D eigenvalue weighted by molar-refractivity contribution is -0.164. The molecular weight excluding hydrogens is 572 g/mol. The van der Waals surface area contributed by atoms with E-state index in [1.807, 2.05) is 4.98 Å². The summed E-state index contributed by atoms with van der Waals surface area (Å²) in [6.07, 6.45) is -2.45. The zero-order valence-electron chi connectivity index (χ0n) is 23.8. The fourth-order valence-electron chi connectivity index (χ4n) is 3.35. The summed E-state index contributed by atoms with van der Waals surface area (Å²) >= 11 is 0. The Hall–Kier alpha value is -3.07. The van der Waals surface area contributed by atoms with Crippen molar-refractivity contribution < 1.29 is 46.3 Å². The van der Waals surface area contributed by atoms with Crippen LogP contribution in [0.3, 0.4) is 0 Å². The number of alkyl halides is 1. The third-order valence-electron chi connectivity index (χ3n) is 5.96. The van der Waals surface area contributed by atoms with Crippen LogP contribution in [0.15, 0.2) is 27.0 Å². The van der Waals surface area contributed by atoms with Gasteiger partial charge in [0.05, 0.1) is 24.0 Å². The number of hydrogen-bond acceptors (Lipinski definition) is 12. The van der Waals surface area contributed by atoms with Crippen molar-refractivity contribution in [2.24, 2.45) is 21.9 Å². The van der Waals surface area contributed by atoms with E-state index in [0.717, 1.165) is 16.8 Å². The lowest BCUT2D eigenvalue weighted by atomic mass is 9.88. The van der Waals surface area contributed by atoms with Gasteiger partial charge in [-0.25, -0.2) is 22.8 Å². The molecule has 1 aromatic heterocycles. The maximum absolute atomic E-state index is 15.5. The summed E-state index contributed by atoms with van der Waals surface area (Å²) in [7, 11) is -4.73. The van der Waals surface area contributed by atoms with E-state index in [9.17, 15) is 23.7 Å². The smallest absolute Gasteiger partial charge is 0.437 e. The van der Waals surface area contributed by atoms with Crippen molar-refractivity contribution in [3.05, 3.63) is 43.5 Å². The first-order valence-electron chi connectivity index (χ1n) is 12.4. The quantitative estimate of drug-likeness (QED) is 0.0909. The highest BCUT2D eigenvalue weighted by Gasteiger charge is 2.55. The molecule has 2 rings (SSSR count). The first-order chi connectivity index (χ1) is 18.8. The van der Waals surface area contributed by atoms with Gasteiger partial charge in [-0.3, -0.25) is 28.5 Å². The van der Waals surface area contributed by atoms with E-state index >= 15 is 4.39 Å². The number of halogens is 1. The number of H-pyrrole nitrogens is 1. The van der Waals surface area contributed by atoms with Crippen LogP contribution in [0.5, 0.6) is 0 Å². The third kappa shape index (κ3) is 8.96. The minimum absolute atomic E-state index is 0.544. The Bertz CT molecular complexity index is 1280. The van der Waals surface area contributed by atoms with Crippen LogP contribution in [0, 0.1) is 16.7 Å². The number of phosphoric ester groups is 1. The number of phosphoric acid groups is 1. The van der Waals surface area contributed by atoms with Crippen molar-refractivity contribution in [2.75, 3.05) is 26.7 Å². The molecule has 0 aromatic carbocycles. The Balaban J connectivity index is 2.31. The van der Waals surface area contributed by atoms with Gasteiger partial charge in [0.2, 0.25) is 13.6 Å². The van der Waals surface area contributed by atoms with Crippen LogP contribution in [0.4, 0.5) is 4.39 Å². The van der Waals surface area contributed by atoms with Crippen LogP contribution in [-0.2, 0) is 41.9 Å². The number of ether oxygens (including phenoxy) is 3. The standard InChI is InChI=1S/C23H35FN5O11P/c1-14-16(24)17(29-9-8-15(30)27-20(29)33)40-23(14,10-26-28-25)11-37-41(34,38-12-35-18(31)21(2,3)4)39-13-36-19(32)22(5,6)7/h8-9,14,16-17H,10-13H2,1-7H3,(H,27,30,33)/t14-,16+,17+,23+/m0/s1. The van der Waals surface area contributed by atoms with Gasteiger partial charge >= 0.3 is 25.5 Å². The number of carbonyl (C=O) groups is 2. The summed E-state index contributed by atoms with van der Waals surface area (Å²) in [5, 5.41) is 3.45. The van der Waals surface area contributed by atoms with Crippen molar-refractivity contribution >= 4 is 19.8 Å². The summed E-state index contributed by atoms with van der Waals surface area (Å²) in [6, 6.07) is 0.986. The predicted octanol–water partition coefficient (Wildman–Crippen LogP) is 3.34. The van der Waals surface area contributed by atoms with Gasteiger partial charge in [-0.15, -0.1) is 0 Å². The number of aromatic nitrogens is 2. The summed E-state index contributed by atoms with van der Waals surface area (Å²) in [4.78, 5) is 52.6. The second-order valence-electron chi connectivity index (χ2n) is 11.3. The Labute approximate surface area is 234 Å². The highest BCUT2D eigenvalue weighted by Crippen LogP contribution is 2.52. The van der Waals surface area contributed by atoms with Crippen LogP contribution in [0.25, 0.3) is 10.4 Å². The van der Waals surface area contributed by atoms with E-state index in [1.165, 1.54) is 6.92 Å². The molecule has 1 fully saturated rings. The van der Waals surface area contributed by atoms with Gasteiger partial charge in [0.1, 0.15) is 5.60 Å². The van der Waals surface area contributed by atoms with E-state index in [1.54, 1.807) is 41.5 Å². The summed E-state index contributed by atoms with van der Waals surface area (Å²) in [5.74, 6) is -2.54. The van der Waals surface area contributed by atoms with Gasteiger partial charge in [0.25, 0.3) is 5.56 Å². The maximum Gasteiger partial charge on any atom is 0.480 e. The van der Waals surface area contributed by atoms with Crippen molar-refractivity contribution in [2.45, 2.75) is 66.5 Å². The monoisotopic (exact) mass is 607 g/mol. The van der Waals surface area contributed by atoms with E-state index in [-0.39, 0.29) is 0 Å². The minimum Gasteiger partial charge on any atom is -0.437 e. The summed E-state index contributed by atoms with van der Waals surface area (Å²) < 4.78 is 61.1. The molecule has 1 N–H and O–H groups in total. The molecule has 1 saturated heterocycles. The van der Waals surface area contributed by atoms with Gasteiger partial charge in [-0.05, 0) is 47.1 Å². The number of esters is 2. The zero-order chi connectivity index (χ0) is 31.2. The molecule has 41 heavy (non-hydrogen) atoms. The maximum atomic E-state index is 15.5. The number of carbonyl (C=O) groups excluding carboxylic acids is 2. The topological polar surface area (TPSA) is 210 Å². The lowest BCUT2D eigenvalue weighted by Gasteiger charge is -2.32. The number of nitrogens with one attached hydrogen (secondary N) is 1. The lowest BCUT2D eigenvalue weighted by Crippen LogP contribution is -2.44. The number of rotatable bonds is 12. The zero-order valence-corrected chi connectivity index (χ0v) is 24.7. The average Bonchev–Trinajstić information content (AvgIpc) is 3.10. The van der Waals surface area contributed by atoms with Crippen LogP contribution in [-0.4, -0.2) is 60.0 Å². The molecular formula is C23H35FN5O11P. The highest BCUT2D eigenvalue weighted by atomic mass is 31.2. The number of hydrogen-bond donors (Lipinski definition) is 1. The molecule has 0 aliphatic carbocycles. The Morgan fingerprint density at radius 3 is 2.12 bits per heavy atom. The van der Waals surface area contributed by atoms with Gasteiger partial charge in [-0.1, -0.05) is 12.0 Å². The molecule has 0 unspecified atom stereocenters. The third-order valence-corrected chi connectivity index (χ3v) is 7.24. The molecule has 2 heterocycles. The fourth-order valence-corrected chi connectivity index (χ4v) is 4.32. The molecule has 0 radical (unpaired) electrons. The van der Waals surface area contributed by atoms with Crippen molar-refractivity contribution in [3.63, 3.8) is 0 Å². The molecule has 0 amide bonds. The van der Waals surface area contributed by atoms with E-state index in [4.69, 9.17) is 33.3 Å². The molecule has 1 aromatic rings. The van der Waals surface area contributed by atoms with E-state index in [2.05, 4.69) is 10.0 Å². The molecule has 0 saturated carbocycles. The molecule has 0 spiro atoms. The number of aromatic amines is 1. The highest BCUT2D eigenvalue weighted by molar-refractivity contribution is 7.48. The van der Waals surface area contributed by atoms with Gasteiger partial charge in [0.15, 0.2) is 12.4 Å². The van der Waals surface area contributed by atoms with Crippen LogP contribution >= 0.6 is 7.82 Å². The number of azide groups is 1. The summed E-state index contributed by atoms with van der Waals surface area (Å²) in [6.45, 7) is 7.72. The van der Waals surface area contributed by atoms with Crippen molar-refractivity contribution in [1.82, 2.24) is 9.55 Å². The molecule has 16 nitrogen and oxygen atoms in total. The summed E-state index contributed by atoms with van der Waals surface area (Å²) in [5.41, 5.74) is 3.58. The predicted molar refractivity (Wildman–Crippen MR) is 139 cm³/mol. The van der Waals surface area contributed by atoms with Crippen LogP contribution < -0.4 is 11.2 Å². The molecule has 4 atom stereocenters. The minimum atomic E-state index is -4.73. The molecule has 0 bridgehead atoms. The first-order valence-corrected chi connectivity index (χ1v) is 13.8. The Kier molecular flexibility index (Phi) is 11.1. The van der Waals surface area contributed by atoms with E-state index in [0.29, 0.717) is 0 Å². The Morgan fingerprint density at radius 1 is 1.12 bits per heavy atom. The molecule has 1 aliphatic heterocycles. The second kappa shape index (κ2) is 13.3. The molecule has 1 aliphatic rings. The average molecular weight is 608 g/mol. The van der Waals surface area contributed by atoms with Crippen molar-refractivity contribution in [1.29, 1.82) is 0 Å². The van der Waals surface area contributed by atoms with Gasteiger partial charge in [-0.2, -0.15) is 0 Å². The SMILES string of the molecule is C[C@H]1[C@@H](F)[C@H](n2ccc(=O)[nH]c2=O)O[C@]1(CN=[N+]=[N-])COP(=O)(OCOC(=O)C(C)(C)C)OCOC(=O)C(C)(C)C.